The summed E-state index contributed by atoms with van der Waals surface area (Å²) in [6.45, 7) is 1.57. The first-order valence-corrected chi connectivity index (χ1v) is 8.06. The molecule has 0 aliphatic carbocycles. The van der Waals surface area contributed by atoms with E-state index >= 15 is 0 Å². The number of hydrogen-bond acceptors (Lipinski definition) is 5. The van der Waals surface area contributed by atoms with Gasteiger partial charge in [-0.2, -0.15) is 0 Å². The van der Waals surface area contributed by atoms with Gasteiger partial charge in [-0.3, -0.25) is 4.79 Å². The number of nitrogen functional groups attached to an aromatic ring is 1. The number of aromatic nitrogens is 1. The average molecular weight is 347 g/mol. The van der Waals surface area contributed by atoms with Gasteiger partial charge in [0.15, 0.2) is 0 Å². The van der Waals surface area contributed by atoms with E-state index in [0.29, 0.717) is 5.56 Å². The van der Waals surface area contributed by atoms with Crippen LogP contribution in [0.2, 0.25) is 5.15 Å². The van der Waals surface area contributed by atoms with E-state index in [2.05, 4.69) is 15.2 Å². The maximum Gasteiger partial charge on any atom is 0.251 e. The highest BCUT2D eigenvalue weighted by atomic mass is 35.5. The van der Waals surface area contributed by atoms with Gasteiger partial charge in [-0.15, -0.1) is 0 Å². The Balaban J connectivity index is 1.67. The van der Waals surface area contributed by atoms with E-state index in [1.54, 1.807) is 7.11 Å². The number of pyridine rings is 1. The van der Waals surface area contributed by atoms with Crippen LogP contribution in [0.25, 0.3) is 0 Å². The summed E-state index contributed by atoms with van der Waals surface area (Å²) in [6.07, 6.45) is 0.859. The molecule has 1 saturated heterocycles. The van der Waals surface area contributed by atoms with Crippen LogP contribution in [-0.2, 0) is 0 Å². The number of carbonyl (C=O) groups is 1. The second-order valence-corrected chi connectivity index (χ2v) is 6.07. The standard InChI is InChI=1S/C17H19ClN4O2/c1-24-14-5-3-2-4-13(14)22-7-6-12(10-22)20-17(23)11-8-15(18)21-16(19)9-11/h2-5,8-9,12H,6-7,10H2,1H3,(H2,19,21)(H,20,23). The number of hydrogen-bond donors (Lipinski definition) is 2. The van der Waals surface area contributed by atoms with Crippen LogP contribution in [0.1, 0.15) is 16.8 Å². The molecule has 1 amide bonds. The maximum atomic E-state index is 12.4. The lowest BCUT2D eigenvalue weighted by molar-refractivity contribution is 0.0940. The number of ether oxygens (including phenoxy) is 1. The molecule has 0 bridgehead atoms. The number of para-hydroxylation sites is 2. The highest BCUT2D eigenvalue weighted by Gasteiger charge is 2.26. The molecule has 7 heteroatoms. The molecule has 1 aliphatic heterocycles. The van der Waals surface area contributed by atoms with Crippen molar-refractivity contribution < 1.29 is 9.53 Å². The van der Waals surface area contributed by atoms with Gasteiger partial charge in [-0.25, -0.2) is 4.98 Å². The molecule has 0 spiro atoms. The largest absolute Gasteiger partial charge is 0.495 e. The molecule has 1 fully saturated rings. The van der Waals surface area contributed by atoms with Gasteiger partial charge in [0.2, 0.25) is 0 Å². The summed E-state index contributed by atoms with van der Waals surface area (Å²) in [4.78, 5) is 18.4. The molecule has 24 heavy (non-hydrogen) atoms. The van der Waals surface area contributed by atoms with Crippen molar-refractivity contribution in [2.45, 2.75) is 12.5 Å². The van der Waals surface area contributed by atoms with E-state index in [0.717, 1.165) is 30.9 Å². The first-order chi connectivity index (χ1) is 11.6. The Morgan fingerprint density at radius 3 is 2.96 bits per heavy atom. The number of methoxy groups -OCH3 is 1. The van der Waals surface area contributed by atoms with Crippen LogP contribution >= 0.6 is 11.6 Å². The van der Waals surface area contributed by atoms with Crippen LogP contribution in [-0.4, -0.2) is 37.1 Å². The lowest BCUT2D eigenvalue weighted by atomic mass is 10.2. The summed E-state index contributed by atoms with van der Waals surface area (Å²) in [5.74, 6) is 0.866. The summed E-state index contributed by atoms with van der Waals surface area (Å²) in [5.41, 5.74) is 7.09. The summed E-state index contributed by atoms with van der Waals surface area (Å²) >= 11 is 5.85. The van der Waals surface area contributed by atoms with E-state index in [4.69, 9.17) is 22.1 Å². The fraction of sp³-hybridized carbons (Fsp3) is 0.294. The third-order valence-corrected chi connectivity index (χ3v) is 4.22. The van der Waals surface area contributed by atoms with Gasteiger partial charge < -0.3 is 20.7 Å². The number of nitrogens with one attached hydrogen (secondary N) is 1. The monoisotopic (exact) mass is 346 g/mol. The molecule has 2 heterocycles. The Morgan fingerprint density at radius 1 is 1.42 bits per heavy atom. The number of nitrogens with two attached hydrogens (primary N) is 1. The van der Waals surface area contributed by atoms with Crippen LogP contribution < -0.4 is 20.7 Å². The molecule has 1 atom stereocenters. The molecule has 1 aliphatic rings. The van der Waals surface area contributed by atoms with Crippen molar-refractivity contribution in [3.8, 4) is 5.75 Å². The van der Waals surface area contributed by atoms with Gasteiger partial charge in [0.1, 0.15) is 16.7 Å². The number of carbonyl (C=O) groups excluding carboxylic acids is 1. The smallest absolute Gasteiger partial charge is 0.251 e. The zero-order chi connectivity index (χ0) is 17.1. The van der Waals surface area contributed by atoms with Gasteiger partial charge >= 0.3 is 0 Å². The average Bonchev–Trinajstić information content (AvgIpc) is 3.02. The Labute approximate surface area is 145 Å². The van der Waals surface area contributed by atoms with Crippen LogP contribution in [0.4, 0.5) is 11.5 Å². The summed E-state index contributed by atoms with van der Waals surface area (Å²) in [5, 5.41) is 3.23. The van der Waals surface area contributed by atoms with Crippen LogP contribution in [0.5, 0.6) is 5.75 Å². The number of amides is 1. The SMILES string of the molecule is COc1ccccc1N1CCC(NC(=O)c2cc(N)nc(Cl)c2)C1. The number of anilines is 2. The summed E-state index contributed by atoms with van der Waals surface area (Å²) in [6, 6.07) is 11.0. The van der Waals surface area contributed by atoms with Crippen molar-refractivity contribution in [2.24, 2.45) is 0 Å². The molecule has 0 saturated carbocycles. The van der Waals surface area contributed by atoms with Gasteiger partial charge in [-0.1, -0.05) is 23.7 Å². The minimum atomic E-state index is -0.196. The molecular formula is C17H19ClN4O2. The van der Waals surface area contributed by atoms with E-state index in [9.17, 15) is 4.79 Å². The molecule has 126 valence electrons. The van der Waals surface area contributed by atoms with Gasteiger partial charge in [0.05, 0.1) is 12.8 Å². The second-order valence-electron chi connectivity index (χ2n) is 5.68. The molecule has 1 unspecified atom stereocenters. The normalized spacial score (nSPS) is 16.9. The van der Waals surface area contributed by atoms with Crippen LogP contribution in [0, 0.1) is 0 Å². The highest BCUT2D eigenvalue weighted by Crippen LogP contribution is 2.30. The topological polar surface area (TPSA) is 80.5 Å². The summed E-state index contributed by atoms with van der Waals surface area (Å²) in [7, 11) is 1.66. The minimum absolute atomic E-state index is 0.0515. The Bertz CT molecular complexity index is 733. The second kappa shape index (κ2) is 6.97. The fourth-order valence-electron chi connectivity index (χ4n) is 2.90. The van der Waals surface area contributed by atoms with E-state index < -0.39 is 0 Å². The first kappa shape index (κ1) is 16.4. The zero-order valence-electron chi connectivity index (χ0n) is 13.3. The van der Waals surface area contributed by atoms with Gasteiger partial charge in [0, 0.05) is 24.7 Å². The molecule has 0 radical (unpaired) electrons. The van der Waals surface area contributed by atoms with Gasteiger partial charge in [-0.05, 0) is 30.7 Å². The molecular weight excluding hydrogens is 328 g/mol. The molecule has 3 rings (SSSR count). The number of rotatable bonds is 4. The lowest BCUT2D eigenvalue weighted by Crippen LogP contribution is -2.37. The Hall–Kier alpha value is -2.47. The Kier molecular flexibility index (Phi) is 4.76. The van der Waals surface area contributed by atoms with Crippen LogP contribution in [0.3, 0.4) is 0 Å². The molecule has 1 aromatic heterocycles. The Morgan fingerprint density at radius 2 is 2.21 bits per heavy atom. The molecule has 6 nitrogen and oxygen atoms in total. The highest BCUT2D eigenvalue weighted by molar-refractivity contribution is 6.29. The zero-order valence-corrected chi connectivity index (χ0v) is 14.1. The van der Waals surface area contributed by atoms with E-state index in [1.807, 2.05) is 24.3 Å². The number of nitrogens with zero attached hydrogens (tertiary/aromatic N) is 2. The van der Waals surface area contributed by atoms with Gasteiger partial charge in [0.25, 0.3) is 5.91 Å². The molecule has 3 N–H and O–H groups in total. The van der Waals surface area contributed by atoms with E-state index in [-0.39, 0.29) is 22.9 Å². The van der Waals surface area contributed by atoms with Crippen molar-refractivity contribution >= 4 is 29.0 Å². The van der Waals surface area contributed by atoms with Crippen molar-refractivity contribution in [3.63, 3.8) is 0 Å². The third kappa shape index (κ3) is 3.54. The predicted octanol–water partition coefficient (Wildman–Crippen LogP) is 2.33. The van der Waals surface area contributed by atoms with E-state index in [1.165, 1.54) is 12.1 Å². The number of benzene rings is 1. The summed E-state index contributed by atoms with van der Waals surface area (Å²) < 4.78 is 5.41. The first-order valence-electron chi connectivity index (χ1n) is 7.68. The third-order valence-electron chi connectivity index (χ3n) is 4.03. The number of halogens is 1. The van der Waals surface area contributed by atoms with Crippen molar-refractivity contribution in [1.82, 2.24) is 10.3 Å². The quantitative estimate of drug-likeness (QED) is 0.830. The molecule has 1 aromatic carbocycles. The maximum absolute atomic E-state index is 12.4. The predicted molar refractivity (Wildman–Crippen MR) is 94.7 cm³/mol. The van der Waals surface area contributed by atoms with Crippen LogP contribution in [0.15, 0.2) is 36.4 Å². The van der Waals surface area contributed by atoms with Crippen molar-refractivity contribution in [2.75, 3.05) is 30.8 Å². The molecule has 2 aromatic rings. The van der Waals surface area contributed by atoms with Crippen molar-refractivity contribution in [1.29, 1.82) is 0 Å². The van der Waals surface area contributed by atoms with Crippen molar-refractivity contribution in [3.05, 3.63) is 47.1 Å². The fourth-order valence-corrected chi connectivity index (χ4v) is 3.12. The minimum Gasteiger partial charge on any atom is -0.495 e. The lowest BCUT2D eigenvalue weighted by Gasteiger charge is -2.21.